The molecule has 1 unspecified atom stereocenters. The zero-order valence-corrected chi connectivity index (χ0v) is 11.2. The summed E-state index contributed by atoms with van der Waals surface area (Å²) in [5.41, 5.74) is 10.0. The minimum absolute atomic E-state index is 0.0443. The summed E-state index contributed by atoms with van der Waals surface area (Å²) in [6.07, 6.45) is 3.42. The lowest BCUT2D eigenvalue weighted by Gasteiger charge is -2.17. The number of nitrogens with zero attached hydrogens (tertiary/aromatic N) is 5. The fourth-order valence-electron chi connectivity index (χ4n) is 2.49. The lowest BCUT2D eigenvalue weighted by Crippen LogP contribution is -2.24. The van der Waals surface area contributed by atoms with Gasteiger partial charge in [-0.1, -0.05) is 17.2 Å². The van der Waals surface area contributed by atoms with Crippen molar-refractivity contribution < 1.29 is 9.21 Å². The van der Waals surface area contributed by atoms with Crippen molar-refractivity contribution in [2.75, 3.05) is 18.0 Å². The van der Waals surface area contributed by atoms with E-state index in [0.29, 0.717) is 25.3 Å². The highest BCUT2D eigenvalue weighted by Gasteiger charge is 2.30. The molecule has 0 N–H and O–H groups in total. The van der Waals surface area contributed by atoms with Crippen molar-refractivity contribution in [2.45, 2.75) is 6.42 Å². The van der Waals surface area contributed by atoms with Crippen molar-refractivity contribution in [2.24, 2.45) is 11.0 Å². The summed E-state index contributed by atoms with van der Waals surface area (Å²) in [7, 11) is 0. The third kappa shape index (κ3) is 2.73. The molecule has 1 aromatic heterocycles. The average Bonchev–Trinajstić information content (AvgIpc) is 3.15. The zero-order valence-electron chi connectivity index (χ0n) is 11.2. The summed E-state index contributed by atoms with van der Waals surface area (Å²) >= 11 is 0. The minimum atomic E-state index is 0.0443. The number of hydrogen-bond donors (Lipinski definition) is 0. The first-order valence-corrected chi connectivity index (χ1v) is 6.58. The second kappa shape index (κ2) is 5.68. The van der Waals surface area contributed by atoms with Gasteiger partial charge >= 0.3 is 0 Å². The molecular formula is C14H13N5O2. The van der Waals surface area contributed by atoms with E-state index in [1.807, 2.05) is 24.3 Å². The second-order valence-corrected chi connectivity index (χ2v) is 4.90. The van der Waals surface area contributed by atoms with E-state index in [1.54, 1.807) is 11.1 Å². The van der Waals surface area contributed by atoms with Gasteiger partial charge in [0.1, 0.15) is 0 Å². The van der Waals surface area contributed by atoms with E-state index in [-0.39, 0.29) is 11.8 Å². The molecule has 1 aliphatic rings. The quantitative estimate of drug-likeness (QED) is 0.490. The zero-order chi connectivity index (χ0) is 14.7. The van der Waals surface area contributed by atoms with Gasteiger partial charge in [-0.15, -0.1) is 0 Å². The first-order valence-electron chi connectivity index (χ1n) is 6.58. The Morgan fingerprint density at radius 2 is 2.43 bits per heavy atom. The highest BCUT2D eigenvalue weighted by Crippen LogP contribution is 2.29. The molecular weight excluding hydrogens is 270 g/mol. The van der Waals surface area contributed by atoms with Crippen molar-refractivity contribution in [3.63, 3.8) is 0 Å². The molecule has 0 spiro atoms. The largest absolute Gasteiger partial charge is 0.444 e. The van der Waals surface area contributed by atoms with Crippen LogP contribution in [0.25, 0.3) is 21.8 Å². The van der Waals surface area contributed by atoms with Crippen molar-refractivity contribution >= 4 is 11.6 Å². The van der Waals surface area contributed by atoms with E-state index < -0.39 is 0 Å². The van der Waals surface area contributed by atoms with Crippen LogP contribution < -0.4 is 4.90 Å². The number of aromatic nitrogens is 1. The molecule has 1 aliphatic heterocycles. The number of amides is 1. The van der Waals surface area contributed by atoms with E-state index >= 15 is 0 Å². The molecule has 3 rings (SSSR count). The molecule has 21 heavy (non-hydrogen) atoms. The van der Waals surface area contributed by atoms with E-state index in [1.165, 1.54) is 6.39 Å². The molecule has 1 fully saturated rings. The van der Waals surface area contributed by atoms with Gasteiger partial charge in [0.05, 0.1) is 6.20 Å². The smallest absolute Gasteiger partial charge is 0.227 e. The van der Waals surface area contributed by atoms with Crippen LogP contribution in [-0.2, 0) is 4.79 Å². The predicted octanol–water partition coefficient (Wildman–Crippen LogP) is 3.00. The van der Waals surface area contributed by atoms with Crippen LogP contribution in [0.3, 0.4) is 0 Å². The van der Waals surface area contributed by atoms with Crippen LogP contribution in [0.1, 0.15) is 6.42 Å². The molecule has 0 saturated carbocycles. The number of anilines is 1. The van der Waals surface area contributed by atoms with Crippen LogP contribution >= 0.6 is 0 Å². The number of carbonyl (C=O) groups is 1. The van der Waals surface area contributed by atoms with Gasteiger partial charge in [0, 0.05) is 35.7 Å². The minimum Gasteiger partial charge on any atom is -0.444 e. The Kier molecular flexibility index (Phi) is 3.57. The Balaban J connectivity index is 1.82. The topological polar surface area (TPSA) is 95.1 Å². The Morgan fingerprint density at radius 1 is 1.52 bits per heavy atom. The molecule has 1 aromatic carbocycles. The molecule has 106 valence electrons. The molecule has 1 atom stereocenters. The van der Waals surface area contributed by atoms with Crippen LogP contribution in [0.4, 0.5) is 5.69 Å². The van der Waals surface area contributed by atoms with E-state index in [4.69, 9.17) is 9.95 Å². The van der Waals surface area contributed by atoms with Gasteiger partial charge in [0.15, 0.2) is 12.2 Å². The van der Waals surface area contributed by atoms with Gasteiger partial charge in [0.25, 0.3) is 0 Å². The third-order valence-corrected chi connectivity index (χ3v) is 3.48. The van der Waals surface area contributed by atoms with Crippen molar-refractivity contribution in [1.29, 1.82) is 0 Å². The van der Waals surface area contributed by atoms with E-state index in [0.717, 1.165) is 11.3 Å². The highest BCUT2D eigenvalue weighted by atomic mass is 16.3. The predicted molar refractivity (Wildman–Crippen MR) is 76.4 cm³/mol. The van der Waals surface area contributed by atoms with Crippen molar-refractivity contribution in [1.82, 2.24) is 4.98 Å². The molecule has 7 nitrogen and oxygen atoms in total. The summed E-state index contributed by atoms with van der Waals surface area (Å²) in [6.45, 7) is 0.915. The normalized spacial score (nSPS) is 17.8. The maximum absolute atomic E-state index is 12.1. The fraction of sp³-hybridized carbons (Fsp3) is 0.286. The summed E-state index contributed by atoms with van der Waals surface area (Å²) in [4.78, 5) is 20.5. The standard InChI is InChI=1S/C14H13N5O2/c15-18-17-6-10-4-14(20)19(8-10)12-3-1-2-11(5-12)13-7-16-9-21-13/h1-3,5,7,9-10H,4,6,8H2. The van der Waals surface area contributed by atoms with Gasteiger partial charge in [0.2, 0.25) is 5.91 Å². The number of azide groups is 1. The number of rotatable bonds is 4. The molecule has 0 bridgehead atoms. The number of hydrogen-bond acceptors (Lipinski definition) is 4. The van der Waals surface area contributed by atoms with Crippen LogP contribution in [0.5, 0.6) is 0 Å². The van der Waals surface area contributed by atoms with Gasteiger partial charge in [-0.25, -0.2) is 4.98 Å². The first kappa shape index (κ1) is 13.2. The van der Waals surface area contributed by atoms with Gasteiger partial charge in [-0.05, 0) is 23.6 Å². The summed E-state index contributed by atoms with van der Waals surface area (Å²) in [5, 5.41) is 3.55. The van der Waals surface area contributed by atoms with Gasteiger partial charge in [-0.3, -0.25) is 4.79 Å². The van der Waals surface area contributed by atoms with Crippen LogP contribution in [0.2, 0.25) is 0 Å². The summed E-state index contributed by atoms with van der Waals surface area (Å²) < 4.78 is 5.27. The van der Waals surface area contributed by atoms with E-state index in [9.17, 15) is 4.79 Å². The van der Waals surface area contributed by atoms with Crippen LogP contribution in [0.15, 0.2) is 46.4 Å². The van der Waals surface area contributed by atoms with Crippen molar-refractivity contribution in [3.05, 3.63) is 47.3 Å². The molecule has 1 saturated heterocycles. The molecule has 2 heterocycles. The summed E-state index contributed by atoms with van der Waals surface area (Å²) in [6, 6.07) is 7.56. The molecule has 0 aliphatic carbocycles. The van der Waals surface area contributed by atoms with Gasteiger partial charge < -0.3 is 9.32 Å². The lowest BCUT2D eigenvalue weighted by atomic mass is 10.1. The highest BCUT2D eigenvalue weighted by molar-refractivity contribution is 5.96. The van der Waals surface area contributed by atoms with Crippen molar-refractivity contribution in [3.8, 4) is 11.3 Å². The Labute approximate surface area is 120 Å². The number of oxazole rings is 1. The number of carbonyl (C=O) groups excluding carboxylic acids is 1. The molecule has 7 heteroatoms. The summed E-state index contributed by atoms with van der Waals surface area (Å²) in [5.74, 6) is 0.777. The van der Waals surface area contributed by atoms with Crippen LogP contribution in [-0.4, -0.2) is 24.0 Å². The SMILES string of the molecule is [N-]=[N+]=NCC1CC(=O)N(c2cccc(-c3cnco3)c2)C1. The number of benzene rings is 1. The Bertz CT molecular complexity index is 691. The Morgan fingerprint density at radius 3 is 3.19 bits per heavy atom. The average molecular weight is 283 g/mol. The maximum atomic E-state index is 12.1. The first-order chi connectivity index (χ1) is 10.3. The molecule has 0 radical (unpaired) electrons. The Hall–Kier alpha value is -2.79. The van der Waals surface area contributed by atoms with Gasteiger partial charge in [-0.2, -0.15) is 0 Å². The lowest BCUT2D eigenvalue weighted by molar-refractivity contribution is -0.117. The third-order valence-electron chi connectivity index (χ3n) is 3.48. The van der Waals surface area contributed by atoms with E-state index in [2.05, 4.69) is 15.0 Å². The monoisotopic (exact) mass is 283 g/mol. The van der Waals surface area contributed by atoms with Crippen LogP contribution in [0, 0.1) is 5.92 Å². The second-order valence-electron chi connectivity index (χ2n) is 4.90. The molecule has 1 amide bonds. The molecule has 2 aromatic rings. The maximum Gasteiger partial charge on any atom is 0.227 e. The fourth-order valence-corrected chi connectivity index (χ4v) is 2.49.